The molecule has 6 heteroatoms. The summed E-state index contributed by atoms with van der Waals surface area (Å²) in [6.07, 6.45) is 0.590. The molecule has 0 N–H and O–H groups in total. The average molecular weight is 288 g/mol. The molecule has 0 radical (unpaired) electrons. The maximum Gasteiger partial charge on any atom is 0.324 e. The first-order chi connectivity index (χ1) is 8.95. The zero-order valence-corrected chi connectivity index (χ0v) is 11.7. The molecular formula is C13H17FO4S. The van der Waals surface area contributed by atoms with Crippen molar-refractivity contribution >= 4 is 15.8 Å². The Morgan fingerprint density at radius 2 is 1.95 bits per heavy atom. The van der Waals surface area contributed by atoms with E-state index in [1.807, 2.05) is 0 Å². The van der Waals surface area contributed by atoms with E-state index in [1.54, 1.807) is 13.8 Å². The molecule has 0 bridgehead atoms. The van der Waals surface area contributed by atoms with Gasteiger partial charge in [0.05, 0.1) is 6.61 Å². The van der Waals surface area contributed by atoms with Gasteiger partial charge in [0.1, 0.15) is 10.7 Å². The largest absolute Gasteiger partial charge is 0.465 e. The van der Waals surface area contributed by atoms with Crippen molar-refractivity contribution in [3.05, 3.63) is 30.1 Å². The standard InChI is InChI=1S/C13H17FO4S/c1-3-7-12(13(15)18-4-2)19(16,17)11-9-6-5-8-10(11)14/h5-6,8-9,12H,3-4,7H2,1-2H3. The third kappa shape index (κ3) is 3.53. The SMILES string of the molecule is CCCC(C(=O)OCC)S(=O)(=O)c1ccccc1F. The predicted octanol–water partition coefficient (Wildman–Crippen LogP) is 2.33. The van der Waals surface area contributed by atoms with Crippen molar-refractivity contribution in [2.24, 2.45) is 0 Å². The van der Waals surface area contributed by atoms with Crippen molar-refractivity contribution < 1.29 is 22.3 Å². The number of halogens is 1. The summed E-state index contributed by atoms with van der Waals surface area (Å²) in [5, 5.41) is -1.35. The van der Waals surface area contributed by atoms with Gasteiger partial charge in [0.25, 0.3) is 0 Å². The van der Waals surface area contributed by atoms with E-state index in [9.17, 15) is 17.6 Å². The average Bonchev–Trinajstić information content (AvgIpc) is 2.36. The molecule has 4 nitrogen and oxygen atoms in total. The number of hydrogen-bond acceptors (Lipinski definition) is 4. The molecule has 0 aromatic heterocycles. The van der Waals surface area contributed by atoms with Crippen LogP contribution in [-0.2, 0) is 19.4 Å². The van der Waals surface area contributed by atoms with Crippen LogP contribution in [0.15, 0.2) is 29.2 Å². The molecule has 1 rings (SSSR count). The molecule has 0 saturated heterocycles. The maximum atomic E-state index is 13.6. The van der Waals surface area contributed by atoms with Crippen LogP contribution in [0.3, 0.4) is 0 Å². The monoisotopic (exact) mass is 288 g/mol. The highest BCUT2D eigenvalue weighted by molar-refractivity contribution is 7.92. The van der Waals surface area contributed by atoms with Gasteiger partial charge in [-0.15, -0.1) is 0 Å². The van der Waals surface area contributed by atoms with Crippen LogP contribution in [0, 0.1) is 5.82 Å². The first-order valence-electron chi connectivity index (χ1n) is 6.10. The normalized spacial score (nSPS) is 13.0. The van der Waals surface area contributed by atoms with Crippen molar-refractivity contribution in [3.63, 3.8) is 0 Å². The fourth-order valence-corrected chi connectivity index (χ4v) is 3.51. The number of carbonyl (C=O) groups excluding carboxylic acids is 1. The number of rotatable bonds is 6. The smallest absolute Gasteiger partial charge is 0.324 e. The molecule has 0 heterocycles. The highest BCUT2D eigenvalue weighted by Crippen LogP contribution is 2.23. The maximum absolute atomic E-state index is 13.6. The molecule has 0 aliphatic rings. The topological polar surface area (TPSA) is 60.4 Å². The molecule has 106 valence electrons. The minimum absolute atomic E-state index is 0.0891. The molecule has 1 aromatic carbocycles. The lowest BCUT2D eigenvalue weighted by molar-refractivity contribution is -0.142. The van der Waals surface area contributed by atoms with Crippen molar-refractivity contribution in [3.8, 4) is 0 Å². The Morgan fingerprint density at radius 3 is 2.47 bits per heavy atom. The summed E-state index contributed by atoms with van der Waals surface area (Å²) < 4.78 is 43.0. The number of benzene rings is 1. The Kier molecular flexibility index (Phi) is 5.47. The van der Waals surface area contributed by atoms with E-state index in [-0.39, 0.29) is 13.0 Å². The van der Waals surface area contributed by atoms with Crippen LogP contribution in [0.1, 0.15) is 26.7 Å². The van der Waals surface area contributed by atoms with E-state index in [2.05, 4.69) is 0 Å². The van der Waals surface area contributed by atoms with Crippen molar-refractivity contribution in [1.82, 2.24) is 0 Å². The van der Waals surface area contributed by atoms with Gasteiger partial charge in [0.2, 0.25) is 0 Å². The molecule has 0 saturated carbocycles. The van der Waals surface area contributed by atoms with Crippen LogP contribution in [-0.4, -0.2) is 26.2 Å². The van der Waals surface area contributed by atoms with Gasteiger partial charge >= 0.3 is 5.97 Å². The van der Waals surface area contributed by atoms with E-state index in [1.165, 1.54) is 12.1 Å². The molecule has 19 heavy (non-hydrogen) atoms. The van der Waals surface area contributed by atoms with Crippen molar-refractivity contribution in [2.45, 2.75) is 36.8 Å². The van der Waals surface area contributed by atoms with Crippen LogP contribution in [0.25, 0.3) is 0 Å². The molecule has 0 aliphatic carbocycles. The Hall–Kier alpha value is -1.43. The summed E-state index contributed by atoms with van der Waals surface area (Å²) in [6, 6.07) is 5.03. The number of hydrogen-bond donors (Lipinski definition) is 0. The first-order valence-corrected chi connectivity index (χ1v) is 7.64. The summed E-state index contributed by atoms with van der Waals surface area (Å²) in [5.41, 5.74) is 0. The van der Waals surface area contributed by atoms with Crippen LogP contribution >= 0.6 is 0 Å². The second-order valence-electron chi connectivity index (χ2n) is 4.00. The van der Waals surface area contributed by atoms with Gasteiger partial charge in [-0.3, -0.25) is 4.79 Å². The summed E-state index contributed by atoms with van der Waals surface area (Å²) in [7, 11) is -4.06. The highest BCUT2D eigenvalue weighted by atomic mass is 32.2. The van der Waals surface area contributed by atoms with Gasteiger partial charge < -0.3 is 4.74 Å². The van der Waals surface area contributed by atoms with Gasteiger partial charge in [-0.1, -0.05) is 25.5 Å². The number of sulfone groups is 1. The second kappa shape index (κ2) is 6.65. The fourth-order valence-electron chi connectivity index (χ4n) is 1.73. The van der Waals surface area contributed by atoms with Crippen molar-refractivity contribution in [1.29, 1.82) is 0 Å². The molecular weight excluding hydrogens is 271 g/mol. The molecule has 0 amide bonds. The van der Waals surface area contributed by atoms with E-state index in [0.717, 1.165) is 12.1 Å². The Morgan fingerprint density at radius 1 is 1.32 bits per heavy atom. The third-order valence-electron chi connectivity index (χ3n) is 2.62. The van der Waals surface area contributed by atoms with Crippen molar-refractivity contribution in [2.75, 3.05) is 6.61 Å². The zero-order chi connectivity index (χ0) is 14.5. The van der Waals surface area contributed by atoms with E-state index in [0.29, 0.717) is 6.42 Å². The lowest BCUT2D eigenvalue weighted by atomic mass is 10.2. The van der Waals surface area contributed by atoms with Gasteiger partial charge in [0, 0.05) is 0 Å². The zero-order valence-electron chi connectivity index (χ0n) is 10.9. The Labute approximate surface area is 112 Å². The molecule has 1 aromatic rings. The Balaban J connectivity index is 3.21. The van der Waals surface area contributed by atoms with E-state index < -0.39 is 31.8 Å². The summed E-state index contributed by atoms with van der Waals surface area (Å²) in [4.78, 5) is 11.3. The number of ether oxygens (including phenoxy) is 1. The number of esters is 1. The summed E-state index contributed by atoms with van der Waals surface area (Å²) in [6.45, 7) is 3.44. The van der Waals surface area contributed by atoms with Crippen LogP contribution in [0.2, 0.25) is 0 Å². The molecule has 0 fully saturated rings. The lowest BCUT2D eigenvalue weighted by Gasteiger charge is -2.16. The minimum Gasteiger partial charge on any atom is -0.465 e. The van der Waals surface area contributed by atoms with Crippen LogP contribution in [0.4, 0.5) is 4.39 Å². The quantitative estimate of drug-likeness (QED) is 0.754. The van der Waals surface area contributed by atoms with Gasteiger partial charge in [-0.25, -0.2) is 12.8 Å². The fraction of sp³-hybridized carbons (Fsp3) is 0.462. The Bertz CT molecular complexity index is 539. The lowest BCUT2D eigenvalue weighted by Crippen LogP contribution is -2.32. The number of carbonyl (C=O) groups is 1. The summed E-state index contributed by atoms with van der Waals surface area (Å²) >= 11 is 0. The van der Waals surface area contributed by atoms with Gasteiger partial charge in [-0.2, -0.15) is 0 Å². The van der Waals surface area contributed by atoms with Gasteiger partial charge in [0.15, 0.2) is 15.1 Å². The van der Waals surface area contributed by atoms with Crippen LogP contribution < -0.4 is 0 Å². The highest BCUT2D eigenvalue weighted by Gasteiger charge is 2.36. The molecule has 0 aliphatic heterocycles. The molecule has 1 atom stereocenters. The predicted molar refractivity (Wildman–Crippen MR) is 68.9 cm³/mol. The molecule has 1 unspecified atom stereocenters. The molecule has 0 spiro atoms. The van der Waals surface area contributed by atoms with E-state index in [4.69, 9.17) is 4.74 Å². The minimum atomic E-state index is -4.06. The summed E-state index contributed by atoms with van der Waals surface area (Å²) in [5.74, 6) is -1.68. The first kappa shape index (κ1) is 15.6. The second-order valence-corrected chi connectivity index (χ2v) is 6.10. The van der Waals surface area contributed by atoms with Gasteiger partial charge in [-0.05, 0) is 25.5 Å². The van der Waals surface area contributed by atoms with E-state index >= 15 is 0 Å². The third-order valence-corrected chi connectivity index (χ3v) is 4.74. The van der Waals surface area contributed by atoms with Crippen LogP contribution in [0.5, 0.6) is 0 Å².